The number of rotatable bonds is 6. The van der Waals surface area contributed by atoms with Crippen LogP contribution in [-0.2, 0) is 16.6 Å². The number of aromatic nitrogens is 2. The van der Waals surface area contributed by atoms with E-state index in [0.717, 1.165) is 25.0 Å². The Balaban J connectivity index is 2.15. The third-order valence-corrected chi connectivity index (χ3v) is 6.27. The maximum absolute atomic E-state index is 12.5. The Labute approximate surface area is 124 Å². The molecule has 0 spiro atoms. The summed E-state index contributed by atoms with van der Waals surface area (Å²) in [7, 11) is -1.76. The van der Waals surface area contributed by atoms with E-state index in [-0.39, 0.29) is 11.1 Å². The van der Waals surface area contributed by atoms with E-state index in [2.05, 4.69) is 26.5 Å². The topological polar surface area (TPSA) is 86.9 Å². The van der Waals surface area contributed by atoms with E-state index in [1.54, 1.807) is 18.8 Å². The average Bonchev–Trinajstić information content (AvgIpc) is 2.97. The second-order valence-corrected chi connectivity index (χ2v) is 7.92. The van der Waals surface area contributed by atoms with Crippen LogP contribution in [0.25, 0.3) is 0 Å². The maximum Gasteiger partial charge on any atom is 0.260 e. The van der Waals surface area contributed by atoms with Gasteiger partial charge in [-0.3, -0.25) is 5.10 Å². The molecular formula is C12H22N4O2S2. The molecule has 2 unspecified atom stereocenters. The van der Waals surface area contributed by atoms with Crippen LogP contribution in [0.1, 0.15) is 30.5 Å². The Bertz CT molecular complexity index is 556. The number of nitrogens with one attached hydrogen (secondary N) is 3. The average molecular weight is 318 g/mol. The highest BCUT2D eigenvalue weighted by atomic mass is 32.2. The minimum atomic E-state index is -3.55. The zero-order chi connectivity index (χ0) is 14.8. The van der Waals surface area contributed by atoms with Crippen molar-refractivity contribution >= 4 is 21.8 Å². The summed E-state index contributed by atoms with van der Waals surface area (Å²) in [6, 6.07) is 0.0249. The van der Waals surface area contributed by atoms with Crippen LogP contribution in [-0.4, -0.2) is 43.2 Å². The number of hydrogen-bond acceptors (Lipinski definition) is 5. The zero-order valence-corrected chi connectivity index (χ0v) is 13.7. The molecule has 1 aliphatic carbocycles. The molecule has 0 aromatic carbocycles. The Morgan fingerprint density at radius 2 is 2.20 bits per heavy atom. The van der Waals surface area contributed by atoms with Gasteiger partial charge in [-0.25, -0.2) is 13.1 Å². The highest BCUT2D eigenvalue weighted by Gasteiger charge is 2.31. The summed E-state index contributed by atoms with van der Waals surface area (Å²) in [4.78, 5) is 0. The van der Waals surface area contributed by atoms with Crippen LogP contribution in [0, 0.1) is 6.92 Å². The molecule has 0 saturated heterocycles. The van der Waals surface area contributed by atoms with Crippen molar-refractivity contribution in [3.05, 3.63) is 11.3 Å². The van der Waals surface area contributed by atoms with Crippen molar-refractivity contribution in [3.63, 3.8) is 0 Å². The molecule has 2 rings (SSSR count). The van der Waals surface area contributed by atoms with E-state index in [1.807, 2.05) is 6.92 Å². The standard InChI is InChI=1S/C12H22N4O2S2/c1-8-11(7-13-2)12(15-14-8)20(17,18)16-9-4-5-10(6-9)19-3/h9-10,13,16H,4-7H2,1-3H3,(H,14,15). The summed E-state index contributed by atoms with van der Waals surface area (Å²) >= 11 is 1.81. The molecule has 6 nitrogen and oxygen atoms in total. The molecule has 20 heavy (non-hydrogen) atoms. The summed E-state index contributed by atoms with van der Waals surface area (Å²) < 4.78 is 27.7. The van der Waals surface area contributed by atoms with Crippen LogP contribution in [0.4, 0.5) is 0 Å². The van der Waals surface area contributed by atoms with Crippen LogP contribution in [0.5, 0.6) is 0 Å². The van der Waals surface area contributed by atoms with Gasteiger partial charge in [-0.05, 0) is 39.5 Å². The third-order valence-electron chi connectivity index (χ3n) is 3.68. The SMILES string of the molecule is CNCc1c(S(=O)(=O)NC2CCC(SC)C2)n[nH]c1C. The van der Waals surface area contributed by atoms with Crippen LogP contribution in [0.3, 0.4) is 0 Å². The first kappa shape index (κ1) is 15.8. The monoisotopic (exact) mass is 318 g/mol. The lowest BCUT2D eigenvalue weighted by Gasteiger charge is -2.13. The van der Waals surface area contributed by atoms with Crippen molar-refractivity contribution in [1.82, 2.24) is 20.2 Å². The van der Waals surface area contributed by atoms with Crippen molar-refractivity contribution in [1.29, 1.82) is 0 Å². The van der Waals surface area contributed by atoms with E-state index in [9.17, 15) is 8.42 Å². The molecule has 1 aromatic rings. The van der Waals surface area contributed by atoms with Gasteiger partial charge < -0.3 is 5.32 Å². The maximum atomic E-state index is 12.5. The van der Waals surface area contributed by atoms with E-state index in [1.165, 1.54) is 0 Å². The normalized spacial score (nSPS) is 23.4. The van der Waals surface area contributed by atoms with Crippen molar-refractivity contribution in [2.24, 2.45) is 0 Å². The fraction of sp³-hybridized carbons (Fsp3) is 0.750. The molecule has 0 aliphatic heterocycles. The Morgan fingerprint density at radius 1 is 1.45 bits per heavy atom. The van der Waals surface area contributed by atoms with Crippen LogP contribution in [0.15, 0.2) is 5.03 Å². The lowest BCUT2D eigenvalue weighted by molar-refractivity contribution is 0.547. The summed E-state index contributed by atoms with van der Waals surface area (Å²) in [5, 5.41) is 10.4. The van der Waals surface area contributed by atoms with Gasteiger partial charge in [0, 0.05) is 29.1 Å². The number of aromatic amines is 1. The zero-order valence-electron chi connectivity index (χ0n) is 12.1. The first-order chi connectivity index (χ1) is 9.47. The number of aryl methyl sites for hydroxylation is 1. The number of hydrogen-bond donors (Lipinski definition) is 3. The van der Waals surface area contributed by atoms with Crippen molar-refractivity contribution in [2.75, 3.05) is 13.3 Å². The van der Waals surface area contributed by atoms with Crippen molar-refractivity contribution in [2.45, 2.75) is 49.0 Å². The second kappa shape index (κ2) is 6.46. The molecule has 1 heterocycles. The molecule has 114 valence electrons. The molecular weight excluding hydrogens is 296 g/mol. The van der Waals surface area contributed by atoms with E-state index in [0.29, 0.717) is 17.4 Å². The highest BCUT2D eigenvalue weighted by Crippen LogP contribution is 2.29. The largest absolute Gasteiger partial charge is 0.316 e. The molecule has 0 amide bonds. The molecule has 0 bridgehead atoms. The van der Waals surface area contributed by atoms with Gasteiger partial charge in [-0.15, -0.1) is 0 Å². The number of H-pyrrole nitrogens is 1. The summed E-state index contributed by atoms with van der Waals surface area (Å²) in [6.07, 6.45) is 4.93. The van der Waals surface area contributed by atoms with E-state index in [4.69, 9.17) is 0 Å². The predicted molar refractivity (Wildman–Crippen MR) is 81.4 cm³/mol. The second-order valence-electron chi connectivity index (χ2n) is 5.15. The summed E-state index contributed by atoms with van der Waals surface area (Å²) in [6.45, 7) is 2.31. The minimum absolute atomic E-state index is 0.0249. The first-order valence-corrected chi connectivity index (χ1v) is 9.48. The lowest BCUT2D eigenvalue weighted by Crippen LogP contribution is -2.34. The number of thioether (sulfide) groups is 1. The van der Waals surface area contributed by atoms with Crippen molar-refractivity contribution in [3.8, 4) is 0 Å². The molecule has 3 N–H and O–H groups in total. The lowest BCUT2D eigenvalue weighted by atomic mass is 10.3. The quantitative estimate of drug-likeness (QED) is 0.728. The molecule has 1 fully saturated rings. The minimum Gasteiger partial charge on any atom is -0.316 e. The fourth-order valence-electron chi connectivity index (χ4n) is 2.57. The van der Waals surface area contributed by atoms with Gasteiger partial charge in [0.15, 0.2) is 5.03 Å². The summed E-state index contributed by atoms with van der Waals surface area (Å²) in [5.74, 6) is 0. The molecule has 1 saturated carbocycles. The number of nitrogens with zero attached hydrogens (tertiary/aromatic N) is 1. The van der Waals surface area contributed by atoms with Gasteiger partial charge in [-0.1, -0.05) is 0 Å². The summed E-state index contributed by atoms with van der Waals surface area (Å²) in [5.41, 5.74) is 1.49. The van der Waals surface area contributed by atoms with Gasteiger partial charge in [-0.2, -0.15) is 16.9 Å². The molecule has 8 heteroatoms. The van der Waals surface area contributed by atoms with Gasteiger partial charge >= 0.3 is 0 Å². The molecule has 1 aliphatic rings. The Hall–Kier alpha value is -0.570. The highest BCUT2D eigenvalue weighted by molar-refractivity contribution is 7.99. The number of sulfonamides is 1. The van der Waals surface area contributed by atoms with Gasteiger partial charge in [0.2, 0.25) is 0 Å². The van der Waals surface area contributed by atoms with Gasteiger partial charge in [0.25, 0.3) is 10.0 Å². The van der Waals surface area contributed by atoms with Gasteiger partial charge in [0.1, 0.15) is 0 Å². The molecule has 0 radical (unpaired) electrons. The van der Waals surface area contributed by atoms with Crippen molar-refractivity contribution < 1.29 is 8.42 Å². The van der Waals surface area contributed by atoms with Crippen LogP contribution in [0.2, 0.25) is 0 Å². The molecule has 2 atom stereocenters. The fourth-order valence-corrected chi connectivity index (χ4v) is 4.85. The van der Waals surface area contributed by atoms with Crippen LogP contribution < -0.4 is 10.0 Å². The predicted octanol–water partition coefficient (Wildman–Crippen LogP) is 1.000. The Morgan fingerprint density at radius 3 is 2.80 bits per heavy atom. The molecule has 1 aromatic heterocycles. The van der Waals surface area contributed by atoms with E-state index < -0.39 is 10.0 Å². The first-order valence-electron chi connectivity index (χ1n) is 6.71. The van der Waals surface area contributed by atoms with Crippen LogP contribution >= 0.6 is 11.8 Å². The van der Waals surface area contributed by atoms with Gasteiger partial charge in [0.05, 0.1) is 0 Å². The van der Waals surface area contributed by atoms with E-state index >= 15 is 0 Å². The Kier molecular flexibility index (Phi) is 5.11. The third kappa shape index (κ3) is 3.36. The smallest absolute Gasteiger partial charge is 0.260 e.